The molecule has 10 nitrogen and oxygen atoms in total. The fraction of sp³-hybridized carbons (Fsp3) is 0.195. The van der Waals surface area contributed by atoms with Gasteiger partial charge in [-0.2, -0.15) is 0 Å². The number of aliphatic hydroxyl groups excluding tert-OH is 1. The van der Waals surface area contributed by atoms with E-state index >= 15 is 0 Å². The molecule has 0 spiro atoms. The number of sulfone groups is 1. The maximum Gasteiger partial charge on any atom is 0.339 e. The molecule has 0 radical (unpaired) electrons. The number of H-pyrrole nitrogens is 1. The quantitative estimate of drug-likeness (QED) is 0.0929. The number of para-hydroxylation sites is 3. The molecular formula is C41H40N2O8S. The van der Waals surface area contributed by atoms with E-state index in [2.05, 4.69) is 16.4 Å². The van der Waals surface area contributed by atoms with Crippen LogP contribution < -0.4 is 19.5 Å². The van der Waals surface area contributed by atoms with Gasteiger partial charge >= 0.3 is 5.97 Å². The molecule has 52 heavy (non-hydrogen) atoms. The van der Waals surface area contributed by atoms with Crippen LogP contribution in [-0.2, 0) is 19.4 Å². The molecule has 6 aromatic rings. The number of methoxy groups -OCH3 is 1. The fourth-order valence-corrected chi connectivity index (χ4v) is 6.54. The maximum atomic E-state index is 12.0. The van der Waals surface area contributed by atoms with Gasteiger partial charge in [0.05, 0.1) is 23.1 Å². The standard InChI is InChI=1S/C24H26N2O4.C17H14O4S/c1-28-21-10-4-5-11-22(21)29-14-13-25-15-17(27)16-30-23-12-6-9-20-24(23)18-7-2-3-8-19(18)26-20;1-22(19,20)14-9-7-12(8-10-14)15-11-21-17(18)16(15)13-5-3-2-4-6-13/h2-12,17,25-27H,13-16H2,1H3;2-10H,11H2,1H3. The second kappa shape index (κ2) is 16.6. The molecule has 11 heteroatoms. The van der Waals surface area contributed by atoms with Crippen molar-refractivity contribution in [1.29, 1.82) is 0 Å². The van der Waals surface area contributed by atoms with Gasteiger partial charge in [0.25, 0.3) is 0 Å². The summed E-state index contributed by atoms with van der Waals surface area (Å²) in [5, 5.41) is 15.6. The summed E-state index contributed by atoms with van der Waals surface area (Å²) in [5.41, 5.74) is 4.99. The van der Waals surface area contributed by atoms with E-state index < -0.39 is 15.9 Å². The number of cyclic esters (lactones) is 1. The van der Waals surface area contributed by atoms with Crippen LogP contribution in [0.5, 0.6) is 17.2 Å². The number of aliphatic hydroxyl groups is 1. The molecule has 0 saturated carbocycles. The molecule has 2 heterocycles. The summed E-state index contributed by atoms with van der Waals surface area (Å²) in [6.45, 7) is 1.90. The van der Waals surface area contributed by atoms with Crippen LogP contribution in [0.15, 0.2) is 126 Å². The molecule has 0 fully saturated rings. The molecule has 1 aromatic heterocycles. The van der Waals surface area contributed by atoms with E-state index in [-0.39, 0.29) is 24.1 Å². The molecule has 1 unspecified atom stereocenters. The third-order valence-electron chi connectivity index (χ3n) is 8.46. The number of fused-ring (bicyclic) bond motifs is 3. The minimum Gasteiger partial charge on any atom is -0.493 e. The normalized spacial score (nSPS) is 13.4. The van der Waals surface area contributed by atoms with Crippen molar-refractivity contribution in [2.24, 2.45) is 0 Å². The van der Waals surface area contributed by atoms with Crippen LogP contribution in [0.3, 0.4) is 0 Å². The predicted octanol–water partition coefficient (Wildman–Crippen LogP) is 6.30. The number of aromatic nitrogens is 1. The number of hydrogen-bond acceptors (Lipinski definition) is 9. The predicted molar refractivity (Wildman–Crippen MR) is 202 cm³/mol. The van der Waals surface area contributed by atoms with Gasteiger partial charge in [0.2, 0.25) is 0 Å². The van der Waals surface area contributed by atoms with Crippen LogP contribution in [-0.4, -0.2) is 76.9 Å². The molecule has 7 rings (SSSR count). The van der Waals surface area contributed by atoms with Crippen molar-refractivity contribution in [3.63, 3.8) is 0 Å². The van der Waals surface area contributed by atoms with E-state index in [1.54, 1.807) is 31.4 Å². The van der Waals surface area contributed by atoms with Crippen LogP contribution in [0, 0.1) is 0 Å². The number of benzene rings is 5. The highest BCUT2D eigenvalue weighted by Crippen LogP contribution is 2.34. The van der Waals surface area contributed by atoms with Gasteiger partial charge in [-0.25, -0.2) is 13.2 Å². The van der Waals surface area contributed by atoms with E-state index in [1.807, 2.05) is 91.0 Å². The van der Waals surface area contributed by atoms with E-state index in [0.717, 1.165) is 44.3 Å². The highest BCUT2D eigenvalue weighted by atomic mass is 32.2. The van der Waals surface area contributed by atoms with Gasteiger partial charge in [0.1, 0.15) is 31.7 Å². The number of ether oxygens (including phenoxy) is 4. The minimum atomic E-state index is -3.23. The Morgan fingerprint density at radius 3 is 2.21 bits per heavy atom. The van der Waals surface area contributed by atoms with Crippen molar-refractivity contribution in [2.45, 2.75) is 11.0 Å². The summed E-state index contributed by atoms with van der Waals surface area (Å²) < 4.78 is 45.1. The summed E-state index contributed by atoms with van der Waals surface area (Å²) in [7, 11) is -1.62. The second-order valence-corrected chi connectivity index (χ2v) is 14.1. The molecule has 1 aliphatic rings. The van der Waals surface area contributed by atoms with Gasteiger partial charge in [-0.15, -0.1) is 0 Å². The van der Waals surface area contributed by atoms with E-state index in [9.17, 15) is 18.3 Å². The molecule has 268 valence electrons. The molecule has 0 amide bonds. The number of nitrogens with one attached hydrogen (secondary N) is 2. The highest BCUT2D eigenvalue weighted by molar-refractivity contribution is 7.90. The fourth-order valence-electron chi connectivity index (χ4n) is 5.91. The molecular weight excluding hydrogens is 681 g/mol. The van der Waals surface area contributed by atoms with Crippen molar-refractivity contribution in [3.8, 4) is 17.2 Å². The molecule has 0 bridgehead atoms. The van der Waals surface area contributed by atoms with Crippen LogP contribution >= 0.6 is 0 Å². The largest absolute Gasteiger partial charge is 0.493 e. The third kappa shape index (κ3) is 8.63. The zero-order valence-electron chi connectivity index (χ0n) is 28.9. The Morgan fingerprint density at radius 2 is 1.46 bits per heavy atom. The summed E-state index contributed by atoms with van der Waals surface area (Å²) in [6.07, 6.45) is 0.538. The van der Waals surface area contributed by atoms with Crippen LogP contribution in [0.1, 0.15) is 11.1 Å². The minimum absolute atomic E-state index is 0.196. The number of rotatable bonds is 13. The molecule has 1 aliphatic heterocycles. The first-order valence-electron chi connectivity index (χ1n) is 16.8. The molecule has 3 N–H and O–H groups in total. The molecule has 5 aromatic carbocycles. The Kier molecular flexibility index (Phi) is 11.5. The SMILES string of the molecule is COc1ccccc1OCCNCC(O)COc1cccc2[nH]c3ccccc3c12.CS(=O)(=O)c1ccc(C2=C(c3ccccc3)C(=O)OC2)cc1. The topological polar surface area (TPSA) is 136 Å². The van der Waals surface area contributed by atoms with Gasteiger partial charge in [-0.1, -0.05) is 78.9 Å². The number of hydrogen-bond donors (Lipinski definition) is 3. The first-order valence-corrected chi connectivity index (χ1v) is 18.6. The number of carbonyl (C=O) groups is 1. The molecule has 0 saturated heterocycles. The summed E-state index contributed by atoms with van der Waals surface area (Å²) in [4.78, 5) is 15.7. The van der Waals surface area contributed by atoms with Crippen molar-refractivity contribution >= 4 is 48.8 Å². The summed E-state index contributed by atoms with van der Waals surface area (Å²) >= 11 is 0. The van der Waals surface area contributed by atoms with Crippen LogP contribution in [0.4, 0.5) is 0 Å². The average Bonchev–Trinajstić information content (AvgIpc) is 3.75. The Bertz CT molecular complexity index is 2280. The van der Waals surface area contributed by atoms with E-state index in [0.29, 0.717) is 36.8 Å². The lowest BCUT2D eigenvalue weighted by Crippen LogP contribution is -2.33. The van der Waals surface area contributed by atoms with Gasteiger partial charge in [0.15, 0.2) is 21.3 Å². The van der Waals surface area contributed by atoms with Gasteiger partial charge < -0.3 is 34.4 Å². The second-order valence-electron chi connectivity index (χ2n) is 12.1. The van der Waals surface area contributed by atoms with Crippen molar-refractivity contribution in [3.05, 3.63) is 132 Å². The van der Waals surface area contributed by atoms with Crippen molar-refractivity contribution < 1.29 is 37.3 Å². The van der Waals surface area contributed by atoms with Crippen molar-refractivity contribution in [1.82, 2.24) is 10.3 Å². The average molecular weight is 721 g/mol. The Hall–Kier alpha value is -5.62. The number of aromatic amines is 1. The van der Waals surface area contributed by atoms with Gasteiger partial charge in [-0.3, -0.25) is 0 Å². The zero-order chi connectivity index (χ0) is 36.5. The van der Waals surface area contributed by atoms with Gasteiger partial charge in [0, 0.05) is 41.2 Å². The Morgan fingerprint density at radius 1 is 0.788 bits per heavy atom. The maximum absolute atomic E-state index is 12.0. The number of carbonyl (C=O) groups excluding carboxylic acids is 1. The van der Waals surface area contributed by atoms with Gasteiger partial charge in [-0.05, 0) is 53.6 Å². The summed E-state index contributed by atoms with van der Waals surface area (Å²) in [6, 6.07) is 37.4. The van der Waals surface area contributed by atoms with Crippen LogP contribution in [0.2, 0.25) is 0 Å². The lowest BCUT2D eigenvalue weighted by atomic mass is 9.97. The summed E-state index contributed by atoms with van der Waals surface area (Å²) in [5.74, 6) is 1.83. The zero-order valence-corrected chi connectivity index (χ0v) is 29.7. The smallest absolute Gasteiger partial charge is 0.339 e. The highest BCUT2D eigenvalue weighted by Gasteiger charge is 2.27. The lowest BCUT2D eigenvalue weighted by Gasteiger charge is -2.15. The van der Waals surface area contributed by atoms with E-state index in [1.165, 1.54) is 6.26 Å². The monoisotopic (exact) mass is 720 g/mol. The van der Waals surface area contributed by atoms with Crippen molar-refractivity contribution in [2.75, 3.05) is 46.3 Å². The Balaban J connectivity index is 0.000000187. The van der Waals surface area contributed by atoms with Crippen LogP contribution in [0.25, 0.3) is 33.0 Å². The lowest BCUT2D eigenvalue weighted by molar-refractivity contribution is -0.133. The number of esters is 1. The molecule has 1 atom stereocenters. The first kappa shape index (κ1) is 36.2. The van der Waals surface area contributed by atoms with E-state index in [4.69, 9.17) is 18.9 Å². The third-order valence-corrected chi connectivity index (χ3v) is 9.58. The molecule has 0 aliphatic carbocycles. The Labute approximate surface area is 302 Å². The first-order chi connectivity index (χ1) is 25.2.